The molecule has 2 heterocycles. The van der Waals surface area contributed by atoms with Crippen molar-refractivity contribution in [3.8, 4) is 0 Å². The second-order valence-electron chi connectivity index (χ2n) is 4.74. The Kier molecular flexibility index (Phi) is 3.52. The molecule has 1 atom stereocenters. The fourth-order valence-corrected chi connectivity index (χ4v) is 2.30. The number of aromatic nitrogens is 3. The Bertz CT molecular complexity index is 522. The summed E-state index contributed by atoms with van der Waals surface area (Å²) >= 11 is 0. The summed E-state index contributed by atoms with van der Waals surface area (Å²) in [5, 5.41) is 11.8. The molecule has 0 saturated heterocycles. The van der Waals surface area contributed by atoms with Crippen LogP contribution in [-0.2, 0) is 13.6 Å². The van der Waals surface area contributed by atoms with E-state index < -0.39 is 0 Å². The topological polar surface area (TPSA) is 55.9 Å². The molecule has 1 unspecified atom stereocenters. The zero-order valence-electron chi connectivity index (χ0n) is 11.6. The van der Waals surface area contributed by atoms with Gasteiger partial charge in [-0.15, -0.1) is 0 Å². The van der Waals surface area contributed by atoms with Crippen LogP contribution in [0, 0.1) is 20.8 Å². The van der Waals surface area contributed by atoms with Crippen LogP contribution in [0.2, 0.25) is 0 Å². The first-order chi connectivity index (χ1) is 8.49. The monoisotopic (exact) mass is 248 g/mol. The summed E-state index contributed by atoms with van der Waals surface area (Å²) in [6, 6.07) is 2.30. The van der Waals surface area contributed by atoms with E-state index in [2.05, 4.69) is 28.6 Å². The van der Waals surface area contributed by atoms with Crippen LogP contribution in [0.4, 0.5) is 0 Å². The lowest BCUT2D eigenvalue weighted by molar-refractivity contribution is 0.390. The molecule has 5 heteroatoms. The molecule has 0 bridgehead atoms. The first-order valence-corrected chi connectivity index (χ1v) is 6.14. The van der Waals surface area contributed by atoms with E-state index in [0.717, 1.165) is 29.3 Å². The molecule has 0 aliphatic rings. The van der Waals surface area contributed by atoms with Crippen molar-refractivity contribution in [3.05, 3.63) is 34.5 Å². The smallest absolute Gasteiger partial charge is 0.138 e. The van der Waals surface area contributed by atoms with Crippen LogP contribution in [0.15, 0.2) is 10.6 Å². The maximum Gasteiger partial charge on any atom is 0.138 e. The molecule has 2 aromatic rings. The van der Waals surface area contributed by atoms with Crippen LogP contribution >= 0.6 is 0 Å². The highest BCUT2D eigenvalue weighted by atomic mass is 16.5. The molecule has 0 fully saturated rings. The van der Waals surface area contributed by atoms with Crippen LogP contribution < -0.4 is 5.32 Å². The van der Waals surface area contributed by atoms with Gasteiger partial charge in [-0.25, -0.2) is 0 Å². The van der Waals surface area contributed by atoms with Crippen LogP contribution in [0.3, 0.4) is 0 Å². The van der Waals surface area contributed by atoms with E-state index in [1.165, 1.54) is 5.69 Å². The van der Waals surface area contributed by atoms with Gasteiger partial charge in [0.15, 0.2) is 0 Å². The molecule has 0 saturated carbocycles. The molecular weight excluding hydrogens is 228 g/mol. The maximum absolute atomic E-state index is 5.19. The quantitative estimate of drug-likeness (QED) is 0.901. The number of hydrogen-bond acceptors (Lipinski definition) is 4. The molecule has 1 N–H and O–H groups in total. The van der Waals surface area contributed by atoms with Crippen molar-refractivity contribution in [3.63, 3.8) is 0 Å². The molecule has 2 rings (SSSR count). The molecule has 0 aliphatic carbocycles. The van der Waals surface area contributed by atoms with E-state index in [4.69, 9.17) is 4.52 Å². The van der Waals surface area contributed by atoms with E-state index in [9.17, 15) is 0 Å². The normalized spacial score (nSPS) is 12.9. The second-order valence-corrected chi connectivity index (χ2v) is 4.74. The Hall–Kier alpha value is -1.62. The number of rotatable bonds is 4. The van der Waals surface area contributed by atoms with Crippen molar-refractivity contribution in [2.45, 2.75) is 40.3 Å². The summed E-state index contributed by atoms with van der Waals surface area (Å²) in [6.45, 7) is 8.82. The van der Waals surface area contributed by atoms with Gasteiger partial charge in [-0.3, -0.25) is 4.68 Å². The first kappa shape index (κ1) is 12.8. The highest BCUT2D eigenvalue weighted by Crippen LogP contribution is 2.21. The lowest BCUT2D eigenvalue weighted by atomic mass is 10.1. The predicted octanol–water partition coefficient (Wildman–Crippen LogP) is 2.18. The van der Waals surface area contributed by atoms with Gasteiger partial charge in [0.05, 0.1) is 17.1 Å². The molecular formula is C13H20N4O. The maximum atomic E-state index is 5.19. The van der Waals surface area contributed by atoms with Crippen molar-refractivity contribution < 1.29 is 4.52 Å². The Labute approximate surface area is 107 Å². The average Bonchev–Trinajstić information content (AvgIpc) is 2.79. The Balaban J connectivity index is 2.05. The minimum atomic E-state index is 0.214. The van der Waals surface area contributed by atoms with Crippen LogP contribution in [0.1, 0.15) is 41.4 Å². The van der Waals surface area contributed by atoms with Gasteiger partial charge in [0, 0.05) is 25.2 Å². The molecule has 0 radical (unpaired) electrons. The van der Waals surface area contributed by atoms with E-state index in [-0.39, 0.29) is 6.04 Å². The Morgan fingerprint density at radius 2 is 2.11 bits per heavy atom. The third kappa shape index (κ3) is 2.46. The van der Waals surface area contributed by atoms with E-state index in [1.54, 1.807) is 0 Å². The van der Waals surface area contributed by atoms with Gasteiger partial charge in [0.25, 0.3) is 0 Å². The zero-order chi connectivity index (χ0) is 13.3. The SMILES string of the molecule is Cc1cc(CNC(C)c2c(C)noc2C)n(C)n1. The van der Waals surface area contributed by atoms with Gasteiger partial charge in [-0.05, 0) is 33.8 Å². The molecule has 0 amide bonds. The average molecular weight is 248 g/mol. The van der Waals surface area contributed by atoms with Crippen molar-refractivity contribution >= 4 is 0 Å². The third-order valence-electron chi connectivity index (χ3n) is 3.21. The van der Waals surface area contributed by atoms with E-state index in [1.807, 2.05) is 32.5 Å². The second kappa shape index (κ2) is 4.94. The third-order valence-corrected chi connectivity index (χ3v) is 3.21. The minimum absolute atomic E-state index is 0.214. The fraction of sp³-hybridized carbons (Fsp3) is 0.538. The molecule has 0 spiro atoms. The molecule has 18 heavy (non-hydrogen) atoms. The van der Waals surface area contributed by atoms with Crippen LogP contribution in [0.5, 0.6) is 0 Å². The molecule has 98 valence electrons. The lowest BCUT2D eigenvalue weighted by Gasteiger charge is -2.13. The standard InChI is InChI=1S/C13H20N4O/c1-8-6-12(17(5)15-8)7-14-9(2)13-10(3)16-18-11(13)4/h6,9,14H,7H2,1-5H3. The van der Waals surface area contributed by atoms with Gasteiger partial charge in [-0.2, -0.15) is 5.10 Å². The zero-order valence-corrected chi connectivity index (χ0v) is 11.6. The van der Waals surface area contributed by atoms with Gasteiger partial charge in [0.2, 0.25) is 0 Å². The van der Waals surface area contributed by atoms with Crippen molar-refractivity contribution in [1.29, 1.82) is 0 Å². The summed E-state index contributed by atoms with van der Waals surface area (Å²) in [4.78, 5) is 0. The van der Waals surface area contributed by atoms with Crippen molar-refractivity contribution in [2.75, 3.05) is 0 Å². The summed E-state index contributed by atoms with van der Waals surface area (Å²) in [7, 11) is 1.96. The van der Waals surface area contributed by atoms with Crippen LogP contribution in [0.25, 0.3) is 0 Å². The summed E-state index contributed by atoms with van der Waals surface area (Å²) < 4.78 is 7.09. The minimum Gasteiger partial charge on any atom is -0.361 e. The van der Waals surface area contributed by atoms with Gasteiger partial charge in [0.1, 0.15) is 5.76 Å². The van der Waals surface area contributed by atoms with E-state index >= 15 is 0 Å². The summed E-state index contributed by atoms with van der Waals surface area (Å²) in [6.07, 6.45) is 0. The van der Waals surface area contributed by atoms with Crippen molar-refractivity contribution in [1.82, 2.24) is 20.3 Å². The Morgan fingerprint density at radius 1 is 1.39 bits per heavy atom. The highest BCUT2D eigenvalue weighted by Gasteiger charge is 2.16. The summed E-state index contributed by atoms with van der Waals surface area (Å²) in [5.41, 5.74) is 4.31. The molecule has 2 aromatic heterocycles. The molecule has 0 aliphatic heterocycles. The number of nitrogens with zero attached hydrogens (tertiary/aromatic N) is 3. The largest absolute Gasteiger partial charge is 0.361 e. The fourth-order valence-electron chi connectivity index (χ4n) is 2.30. The number of hydrogen-bond donors (Lipinski definition) is 1. The number of aryl methyl sites for hydroxylation is 4. The van der Waals surface area contributed by atoms with Gasteiger partial charge < -0.3 is 9.84 Å². The van der Waals surface area contributed by atoms with E-state index in [0.29, 0.717) is 0 Å². The molecule has 0 aromatic carbocycles. The Morgan fingerprint density at radius 3 is 2.61 bits per heavy atom. The van der Waals surface area contributed by atoms with Crippen LogP contribution in [-0.4, -0.2) is 14.9 Å². The van der Waals surface area contributed by atoms with Gasteiger partial charge >= 0.3 is 0 Å². The van der Waals surface area contributed by atoms with Gasteiger partial charge in [-0.1, -0.05) is 5.16 Å². The highest BCUT2D eigenvalue weighted by molar-refractivity contribution is 5.24. The van der Waals surface area contributed by atoms with Crippen molar-refractivity contribution in [2.24, 2.45) is 7.05 Å². The molecule has 5 nitrogen and oxygen atoms in total. The summed E-state index contributed by atoms with van der Waals surface area (Å²) in [5.74, 6) is 0.883. The lowest BCUT2D eigenvalue weighted by Crippen LogP contribution is -2.20. The predicted molar refractivity (Wildman–Crippen MR) is 69.2 cm³/mol. The number of nitrogens with one attached hydrogen (secondary N) is 1. The first-order valence-electron chi connectivity index (χ1n) is 6.14.